The van der Waals surface area contributed by atoms with Crippen LogP contribution in [0.5, 0.6) is 0 Å². The van der Waals surface area contributed by atoms with E-state index >= 15 is 0 Å². The number of carboxylic acids is 1. The van der Waals surface area contributed by atoms with Gasteiger partial charge in [0, 0.05) is 13.2 Å². The minimum absolute atomic E-state index is 0.241. The highest BCUT2D eigenvalue weighted by atomic mass is 16.5. The molecule has 18 heavy (non-hydrogen) atoms. The smallest absolute Gasteiger partial charge is 0.323 e. The average molecular weight is 255 g/mol. The zero-order valence-electron chi connectivity index (χ0n) is 11.3. The molecule has 2 saturated carbocycles. The molecule has 2 aliphatic carbocycles. The van der Waals surface area contributed by atoms with E-state index < -0.39 is 11.5 Å². The van der Waals surface area contributed by atoms with Crippen molar-refractivity contribution < 1.29 is 14.6 Å². The number of carboxylic acid groups (broad SMARTS) is 1. The lowest BCUT2D eigenvalue weighted by molar-refractivity contribution is -0.148. The molecule has 0 radical (unpaired) electrons. The van der Waals surface area contributed by atoms with Gasteiger partial charge in [0.25, 0.3) is 0 Å². The Bertz CT molecular complexity index is 279. The van der Waals surface area contributed by atoms with Gasteiger partial charge in [-0.15, -0.1) is 0 Å². The van der Waals surface area contributed by atoms with Gasteiger partial charge in [-0.2, -0.15) is 0 Å². The summed E-state index contributed by atoms with van der Waals surface area (Å²) in [7, 11) is 1.72. The molecule has 2 aliphatic rings. The molecule has 0 bridgehead atoms. The molecule has 0 aromatic carbocycles. The molecule has 0 amide bonds. The molecule has 0 unspecified atom stereocenters. The number of methoxy groups -OCH3 is 1. The van der Waals surface area contributed by atoms with E-state index in [0.29, 0.717) is 18.9 Å². The number of hydrogen-bond donors (Lipinski definition) is 2. The van der Waals surface area contributed by atoms with Crippen LogP contribution in [0.15, 0.2) is 0 Å². The van der Waals surface area contributed by atoms with E-state index in [1.807, 2.05) is 0 Å². The molecule has 2 N–H and O–H groups in total. The molecule has 0 heterocycles. The quantitative estimate of drug-likeness (QED) is 0.809. The highest BCUT2D eigenvalue weighted by molar-refractivity contribution is 5.79. The highest BCUT2D eigenvalue weighted by Crippen LogP contribution is 2.32. The van der Waals surface area contributed by atoms with Crippen LogP contribution in [0.1, 0.15) is 57.8 Å². The lowest BCUT2D eigenvalue weighted by Crippen LogP contribution is -2.58. The van der Waals surface area contributed by atoms with E-state index in [4.69, 9.17) is 4.74 Å². The Morgan fingerprint density at radius 2 is 1.78 bits per heavy atom. The van der Waals surface area contributed by atoms with Gasteiger partial charge >= 0.3 is 5.97 Å². The van der Waals surface area contributed by atoms with E-state index in [1.54, 1.807) is 7.11 Å². The topological polar surface area (TPSA) is 58.6 Å². The first-order chi connectivity index (χ1) is 8.66. The summed E-state index contributed by atoms with van der Waals surface area (Å²) in [4.78, 5) is 11.6. The van der Waals surface area contributed by atoms with Gasteiger partial charge in [-0.3, -0.25) is 10.1 Å². The van der Waals surface area contributed by atoms with E-state index in [9.17, 15) is 9.90 Å². The third-order valence-electron chi connectivity index (χ3n) is 4.61. The Kier molecular flexibility index (Phi) is 4.62. The minimum Gasteiger partial charge on any atom is -0.480 e. The van der Waals surface area contributed by atoms with Crippen LogP contribution in [0.2, 0.25) is 0 Å². The van der Waals surface area contributed by atoms with Crippen molar-refractivity contribution in [3.05, 3.63) is 0 Å². The second-order valence-electron chi connectivity index (χ2n) is 5.80. The predicted molar refractivity (Wildman–Crippen MR) is 69.6 cm³/mol. The number of ether oxygens (including phenoxy) is 1. The molecule has 104 valence electrons. The Balaban J connectivity index is 1.96. The Hall–Kier alpha value is -0.610. The summed E-state index contributed by atoms with van der Waals surface area (Å²) < 4.78 is 5.33. The zero-order valence-corrected chi connectivity index (χ0v) is 11.3. The lowest BCUT2D eigenvalue weighted by Gasteiger charge is -2.40. The molecule has 0 aliphatic heterocycles. The normalized spacial score (nSPS) is 34.4. The second-order valence-corrected chi connectivity index (χ2v) is 5.80. The molecule has 0 saturated heterocycles. The molecule has 0 spiro atoms. The van der Waals surface area contributed by atoms with E-state index in [-0.39, 0.29) is 6.10 Å². The van der Waals surface area contributed by atoms with Crippen LogP contribution in [-0.4, -0.2) is 35.9 Å². The number of nitrogens with one attached hydrogen (secondary N) is 1. The van der Waals surface area contributed by atoms with Gasteiger partial charge in [0.05, 0.1) is 6.10 Å². The maximum absolute atomic E-state index is 11.6. The summed E-state index contributed by atoms with van der Waals surface area (Å²) >= 11 is 0. The number of carbonyl (C=O) groups is 1. The molecular weight excluding hydrogens is 230 g/mol. The third-order valence-corrected chi connectivity index (χ3v) is 4.61. The first-order valence-corrected chi connectivity index (χ1v) is 7.20. The molecular formula is C14H25NO3. The predicted octanol–water partition coefficient (Wildman–Crippen LogP) is 2.32. The maximum Gasteiger partial charge on any atom is 0.323 e. The van der Waals surface area contributed by atoms with Crippen LogP contribution < -0.4 is 5.32 Å². The molecule has 4 nitrogen and oxygen atoms in total. The van der Waals surface area contributed by atoms with Gasteiger partial charge in [0.2, 0.25) is 0 Å². The molecule has 0 aromatic heterocycles. The van der Waals surface area contributed by atoms with E-state index in [1.165, 1.54) is 19.3 Å². The van der Waals surface area contributed by atoms with Crippen LogP contribution in [-0.2, 0) is 9.53 Å². The Labute approximate surface area is 109 Å². The van der Waals surface area contributed by atoms with Crippen molar-refractivity contribution in [1.82, 2.24) is 5.32 Å². The number of rotatable bonds is 4. The summed E-state index contributed by atoms with van der Waals surface area (Å²) in [6.07, 6.45) is 9.34. The van der Waals surface area contributed by atoms with Gasteiger partial charge in [-0.1, -0.05) is 19.3 Å². The Morgan fingerprint density at radius 1 is 1.17 bits per heavy atom. The van der Waals surface area contributed by atoms with Crippen LogP contribution in [0.3, 0.4) is 0 Å². The monoisotopic (exact) mass is 255 g/mol. The second kappa shape index (κ2) is 6.02. The van der Waals surface area contributed by atoms with Crippen molar-refractivity contribution in [3.63, 3.8) is 0 Å². The van der Waals surface area contributed by atoms with Gasteiger partial charge in [0.1, 0.15) is 5.54 Å². The number of hydrogen-bond acceptors (Lipinski definition) is 3. The lowest BCUT2D eigenvalue weighted by atomic mass is 9.78. The maximum atomic E-state index is 11.6. The van der Waals surface area contributed by atoms with Crippen molar-refractivity contribution in [3.8, 4) is 0 Å². The molecule has 0 aromatic rings. The van der Waals surface area contributed by atoms with Crippen molar-refractivity contribution in [2.45, 2.75) is 75.5 Å². The van der Waals surface area contributed by atoms with E-state index in [0.717, 1.165) is 25.7 Å². The largest absolute Gasteiger partial charge is 0.480 e. The summed E-state index contributed by atoms with van der Waals surface area (Å²) in [5.74, 6) is -0.678. The SMILES string of the molecule is COC1CCC(NC2CCCCC2)(C(=O)O)CC1. The standard InChI is InChI=1S/C14H25NO3/c1-18-12-7-9-14(10-8-12,13(16)17)15-11-5-3-2-4-6-11/h11-12,15H,2-10H2,1H3,(H,16,17). The van der Waals surface area contributed by atoms with Crippen molar-refractivity contribution in [2.75, 3.05) is 7.11 Å². The van der Waals surface area contributed by atoms with Gasteiger partial charge in [0.15, 0.2) is 0 Å². The molecule has 0 atom stereocenters. The van der Waals surface area contributed by atoms with Crippen LogP contribution in [0.25, 0.3) is 0 Å². The zero-order chi connectivity index (χ0) is 13.0. The van der Waals surface area contributed by atoms with Crippen molar-refractivity contribution >= 4 is 5.97 Å². The summed E-state index contributed by atoms with van der Waals surface area (Å²) in [5, 5.41) is 13.0. The van der Waals surface area contributed by atoms with Crippen LogP contribution in [0, 0.1) is 0 Å². The highest BCUT2D eigenvalue weighted by Gasteiger charge is 2.43. The van der Waals surface area contributed by atoms with Crippen molar-refractivity contribution in [1.29, 1.82) is 0 Å². The fourth-order valence-corrected chi connectivity index (χ4v) is 3.38. The van der Waals surface area contributed by atoms with E-state index in [2.05, 4.69) is 5.32 Å². The van der Waals surface area contributed by atoms with Gasteiger partial charge in [-0.05, 0) is 38.5 Å². The molecule has 2 fully saturated rings. The molecule has 4 heteroatoms. The first kappa shape index (κ1) is 13.8. The summed E-state index contributed by atoms with van der Waals surface area (Å²) in [6.45, 7) is 0. The van der Waals surface area contributed by atoms with Gasteiger partial charge < -0.3 is 9.84 Å². The third kappa shape index (κ3) is 3.04. The minimum atomic E-state index is -0.697. The van der Waals surface area contributed by atoms with Crippen LogP contribution >= 0.6 is 0 Å². The first-order valence-electron chi connectivity index (χ1n) is 7.20. The fourth-order valence-electron chi connectivity index (χ4n) is 3.38. The van der Waals surface area contributed by atoms with Crippen molar-refractivity contribution in [2.24, 2.45) is 0 Å². The fraction of sp³-hybridized carbons (Fsp3) is 0.929. The Morgan fingerprint density at radius 3 is 2.28 bits per heavy atom. The number of aliphatic carboxylic acids is 1. The average Bonchev–Trinajstić information content (AvgIpc) is 2.40. The summed E-state index contributed by atoms with van der Waals surface area (Å²) in [5.41, 5.74) is -0.697. The molecule has 2 rings (SSSR count). The van der Waals surface area contributed by atoms with Gasteiger partial charge in [-0.25, -0.2) is 0 Å². The van der Waals surface area contributed by atoms with Crippen LogP contribution in [0.4, 0.5) is 0 Å². The summed E-state index contributed by atoms with van der Waals surface area (Å²) in [6, 6.07) is 0.397.